The summed E-state index contributed by atoms with van der Waals surface area (Å²) >= 11 is 0. The molecule has 0 saturated carbocycles. The molecule has 2 rings (SSSR count). The van der Waals surface area contributed by atoms with Gasteiger partial charge in [-0.15, -0.1) is 0 Å². The van der Waals surface area contributed by atoms with E-state index in [4.69, 9.17) is 9.84 Å². The zero-order chi connectivity index (χ0) is 14.0. The summed E-state index contributed by atoms with van der Waals surface area (Å²) in [5.41, 5.74) is 0. The first-order valence-corrected chi connectivity index (χ1v) is 7.13. The van der Waals surface area contributed by atoms with Gasteiger partial charge in [0.1, 0.15) is 18.3 Å². The number of rotatable bonds is 4. The van der Waals surface area contributed by atoms with E-state index in [9.17, 15) is 15.3 Å². The second kappa shape index (κ2) is 6.03. The summed E-state index contributed by atoms with van der Waals surface area (Å²) in [4.78, 5) is 2.24. The summed E-state index contributed by atoms with van der Waals surface area (Å²) in [5.74, 6) is -2.04. The number of hydrogen-bond donors (Lipinski definition) is 4. The Morgan fingerprint density at radius 3 is 2.63 bits per heavy atom. The predicted octanol–water partition coefficient (Wildman–Crippen LogP) is -0.948. The van der Waals surface area contributed by atoms with Gasteiger partial charge in [-0.05, 0) is 25.8 Å². The van der Waals surface area contributed by atoms with Gasteiger partial charge >= 0.3 is 0 Å². The Labute approximate surface area is 113 Å². The van der Waals surface area contributed by atoms with Crippen molar-refractivity contribution in [1.29, 1.82) is 0 Å². The molecule has 112 valence electrons. The van der Waals surface area contributed by atoms with E-state index in [0.29, 0.717) is 12.6 Å². The van der Waals surface area contributed by atoms with Crippen molar-refractivity contribution in [2.24, 2.45) is 0 Å². The Hall–Kier alpha value is -0.240. The van der Waals surface area contributed by atoms with Gasteiger partial charge in [0, 0.05) is 12.6 Å². The molecule has 0 radical (unpaired) electrons. The number of aliphatic hydroxyl groups excluding tert-OH is 3. The molecule has 0 aromatic heterocycles. The molecule has 0 aromatic rings. The second-order valence-electron chi connectivity index (χ2n) is 5.65. The number of aliphatic hydroxyl groups is 4. The van der Waals surface area contributed by atoms with Crippen LogP contribution in [0.5, 0.6) is 0 Å². The van der Waals surface area contributed by atoms with Crippen molar-refractivity contribution in [3.05, 3.63) is 0 Å². The summed E-state index contributed by atoms with van der Waals surface area (Å²) in [6.07, 6.45) is 1.20. The van der Waals surface area contributed by atoms with E-state index >= 15 is 0 Å². The van der Waals surface area contributed by atoms with Crippen LogP contribution in [0.15, 0.2) is 0 Å². The summed E-state index contributed by atoms with van der Waals surface area (Å²) in [6, 6.07) is 0.463. The summed E-state index contributed by atoms with van der Waals surface area (Å²) in [6.45, 7) is 2.82. The second-order valence-corrected chi connectivity index (χ2v) is 5.65. The van der Waals surface area contributed by atoms with E-state index in [1.807, 2.05) is 0 Å². The molecule has 5 atom stereocenters. The fraction of sp³-hybridized carbons (Fsp3) is 1.00. The normalized spacial score (nSPS) is 44.7. The molecule has 2 aliphatic heterocycles. The number of hydrogen-bond acceptors (Lipinski definition) is 6. The van der Waals surface area contributed by atoms with Crippen molar-refractivity contribution in [3.63, 3.8) is 0 Å². The third-order valence-electron chi connectivity index (χ3n) is 4.38. The molecule has 1 unspecified atom stereocenters. The van der Waals surface area contributed by atoms with Gasteiger partial charge in [0.05, 0.1) is 6.61 Å². The molecule has 0 amide bonds. The van der Waals surface area contributed by atoms with Crippen LogP contribution in [0.25, 0.3) is 0 Å². The summed E-state index contributed by atoms with van der Waals surface area (Å²) < 4.78 is 5.28. The maximum Gasteiger partial charge on any atom is 0.219 e. The minimum absolute atomic E-state index is 0.463. The third-order valence-corrected chi connectivity index (χ3v) is 4.38. The lowest BCUT2D eigenvalue weighted by Gasteiger charge is -2.37. The smallest absolute Gasteiger partial charge is 0.219 e. The average molecular weight is 275 g/mol. The van der Waals surface area contributed by atoms with Gasteiger partial charge in [-0.3, -0.25) is 4.90 Å². The van der Waals surface area contributed by atoms with Crippen LogP contribution in [0, 0.1) is 0 Å². The molecule has 0 spiro atoms. The van der Waals surface area contributed by atoms with E-state index < -0.39 is 30.7 Å². The van der Waals surface area contributed by atoms with E-state index in [1.54, 1.807) is 0 Å². The number of piperidine rings is 1. The van der Waals surface area contributed by atoms with Crippen molar-refractivity contribution in [3.8, 4) is 0 Å². The molecular weight excluding hydrogens is 250 g/mol. The highest BCUT2D eigenvalue weighted by molar-refractivity contribution is 4.97. The van der Waals surface area contributed by atoms with Gasteiger partial charge in [0.2, 0.25) is 5.79 Å². The molecule has 2 heterocycles. The minimum atomic E-state index is -2.04. The van der Waals surface area contributed by atoms with Crippen LogP contribution in [0.4, 0.5) is 0 Å². The lowest BCUT2D eigenvalue weighted by Crippen LogP contribution is -2.47. The average Bonchev–Trinajstić information content (AvgIpc) is 2.65. The molecule has 4 N–H and O–H groups in total. The number of likely N-dealkylation sites (tertiary alicyclic amines) is 1. The van der Waals surface area contributed by atoms with E-state index in [1.165, 1.54) is 6.42 Å². The molecule has 2 fully saturated rings. The van der Waals surface area contributed by atoms with Gasteiger partial charge in [-0.25, -0.2) is 0 Å². The third kappa shape index (κ3) is 2.94. The molecule has 19 heavy (non-hydrogen) atoms. The largest absolute Gasteiger partial charge is 0.391 e. The van der Waals surface area contributed by atoms with E-state index in [0.717, 1.165) is 25.8 Å². The predicted molar refractivity (Wildman–Crippen MR) is 68.4 cm³/mol. The van der Waals surface area contributed by atoms with Crippen molar-refractivity contribution in [2.75, 3.05) is 19.7 Å². The van der Waals surface area contributed by atoms with Crippen LogP contribution < -0.4 is 0 Å². The number of ether oxygens (including phenoxy) is 1. The molecule has 2 aliphatic rings. The minimum Gasteiger partial charge on any atom is -0.391 e. The first kappa shape index (κ1) is 15.2. The zero-order valence-electron chi connectivity index (χ0n) is 11.4. The zero-order valence-corrected chi connectivity index (χ0v) is 11.4. The van der Waals surface area contributed by atoms with Crippen molar-refractivity contribution in [2.45, 2.75) is 62.7 Å². The van der Waals surface area contributed by atoms with Crippen molar-refractivity contribution in [1.82, 2.24) is 4.90 Å². The van der Waals surface area contributed by atoms with Crippen molar-refractivity contribution >= 4 is 0 Å². The summed E-state index contributed by atoms with van der Waals surface area (Å²) in [7, 11) is 0. The number of nitrogens with zero attached hydrogens (tertiary/aromatic N) is 1. The quantitative estimate of drug-likeness (QED) is 0.529. The lowest BCUT2D eigenvalue weighted by molar-refractivity contribution is -0.247. The van der Waals surface area contributed by atoms with Gasteiger partial charge < -0.3 is 25.2 Å². The Morgan fingerprint density at radius 2 is 2.05 bits per heavy atom. The molecular formula is C13H25NO5. The Bertz CT molecular complexity index is 303. The van der Waals surface area contributed by atoms with E-state index in [2.05, 4.69) is 11.8 Å². The molecule has 2 saturated heterocycles. The van der Waals surface area contributed by atoms with Crippen LogP contribution in [0.2, 0.25) is 0 Å². The van der Waals surface area contributed by atoms with Crippen LogP contribution >= 0.6 is 0 Å². The van der Waals surface area contributed by atoms with Gasteiger partial charge in [0.15, 0.2) is 0 Å². The highest BCUT2D eigenvalue weighted by atomic mass is 16.7. The van der Waals surface area contributed by atoms with E-state index in [-0.39, 0.29) is 0 Å². The highest BCUT2D eigenvalue weighted by Gasteiger charge is 2.53. The SMILES string of the molecule is CCC1CCCCN1C[C@@H]1O[C@](O)(CO)[C@@H](O)[C@@H]1O. The van der Waals surface area contributed by atoms with Gasteiger partial charge in [0.25, 0.3) is 0 Å². The van der Waals surface area contributed by atoms with Crippen LogP contribution in [-0.4, -0.2) is 75.2 Å². The first-order chi connectivity index (χ1) is 9.01. The molecule has 0 aromatic carbocycles. The highest BCUT2D eigenvalue weighted by Crippen LogP contribution is 2.31. The standard InChI is InChI=1S/C13H25NO5/c1-2-9-5-3-4-6-14(9)7-10-11(16)12(17)13(18,8-15)19-10/h9-12,15-18H,2-8H2,1H3/t9?,10-,11+,12-,13+/m0/s1. The maximum absolute atomic E-state index is 9.94. The van der Waals surface area contributed by atoms with Crippen LogP contribution in [-0.2, 0) is 4.74 Å². The topological polar surface area (TPSA) is 93.4 Å². The molecule has 6 heteroatoms. The molecule has 6 nitrogen and oxygen atoms in total. The first-order valence-electron chi connectivity index (χ1n) is 7.13. The summed E-state index contributed by atoms with van der Waals surface area (Å²) in [5, 5.41) is 38.6. The Balaban J connectivity index is 1.99. The van der Waals surface area contributed by atoms with Gasteiger partial charge in [-0.2, -0.15) is 0 Å². The van der Waals surface area contributed by atoms with Crippen LogP contribution in [0.3, 0.4) is 0 Å². The van der Waals surface area contributed by atoms with Crippen molar-refractivity contribution < 1.29 is 25.2 Å². The molecule has 0 aliphatic carbocycles. The fourth-order valence-electron chi connectivity index (χ4n) is 3.14. The van der Waals surface area contributed by atoms with Crippen LogP contribution in [0.1, 0.15) is 32.6 Å². The Kier molecular flexibility index (Phi) is 4.81. The Morgan fingerprint density at radius 1 is 1.32 bits per heavy atom. The lowest BCUT2D eigenvalue weighted by atomic mass is 9.98. The maximum atomic E-state index is 9.94. The van der Waals surface area contributed by atoms with Gasteiger partial charge in [-0.1, -0.05) is 13.3 Å². The monoisotopic (exact) mass is 275 g/mol. The fourth-order valence-corrected chi connectivity index (χ4v) is 3.14. The molecule has 0 bridgehead atoms.